The van der Waals surface area contributed by atoms with Gasteiger partial charge in [0.05, 0.1) is 0 Å². The third-order valence-corrected chi connectivity index (χ3v) is 5.05. The van der Waals surface area contributed by atoms with Gasteiger partial charge in [0.15, 0.2) is 0 Å². The van der Waals surface area contributed by atoms with Crippen LogP contribution in [0.4, 0.5) is 0 Å². The summed E-state index contributed by atoms with van der Waals surface area (Å²) in [7, 11) is 0. The highest BCUT2D eigenvalue weighted by atomic mass is 79.9. The average Bonchev–Trinajstić information content (AvgIpc) is 2.86. The molecule has 0 bridgehead atoms. The van der Waals surface area contributed by atoms with Crippen LogP contribution in [-0.4, -0.2) is 5.33 Å². The molecule has 1 saturated carbocycles. The minimum Gasteiger partial charge on any atom is -0.0876 e. The van der Waals surface area contributed by atoms with E-state index in [2.05, 4.69) is 56.1 Å². The number of benzene rings is 1. The lowest BCUT2D eigenvalue weighted by Gasteiger charge is -2.22. The molecule has 3 rings (SSSR count). The number of hydrogen-bond donors (Lipinski definition) is 0. The SMILES string of the molecule is BrCC1=CC2(CCCC2)c2ccc(Br)cc21. The summed E-state index contributed by atoms with van der Waals surface area (Å²) in [5, 5.41) is 0.970. The van der Waals surface area contributed by atoms with Crippen LogP contribution in [0.2, 0.25) is 0 Å². The molecule has 0 radical (unpaired) electrons. The first-order valence-corrected chi connectivity index (χ1v) is 7.75. The van der Waals surface area contributed by atoms with Crippen molar-refractivity contribution in [1.82, 2.24) is 0 Å². The number of fused-ring (bicyclic) bond motifs is 2. The molecule has 0 amide bonds. The first-order valence-electron chi connectivity index (χ1n) is 5.83. The van der Waals surface area contributed by atoms with Gasteiger partial charge >= 0.3 is 0 Å². The second kappa shape index (κ2) is 3.99. The van der Waals surface area contributed by atoms with Gasteiger partial charge in [-0.05, 0) is 41.7 Å². The van der Waals surface area contributed by atoms with E-state index in [1.807, 2.05) is 0 Å². The molecule has 0 aliphatic heterocycles. The van der Waals surface area contributed by atoms with Gasteiger partial charge in [-0.1, -0.05) is 56.8 Å². The summed E-state index contributed by atoms with van der Waals surface area (Å²) in [5.41, 5.74) is 4.85. The molecule has 1 spiro atoms. The van der Waals surface area contributed by atoms with Crippen LogP contribution in [-0.2, 0) is 5.41 Å². The molecule has 2 aliphatic rings. The van der Waals surface area contributed by atoms with Crippen molar-refractivity contribution in [1.29, 1.82) is 0 Å². The largest absolute Gasteiger partial charge is 0.0876 e. The highest BCUT2D eigenvalue weighted by molar-refractivity contribution is 9.10. The van der Waals surface area contributed by atoms with E-state index in [1.54, 1.807) is 5.56 Å². The highest BCUT2D eigenvalue weighted by Gasteiger charge is 2.39. The van der Waals surface area contributed by atoms with E-state index in [-0.39, 0.29) is 0 Å². The first kappa shape index (κ1) is 11.0. The summed E-state index contributed by atoms with van der Waals surface area (Å²) >= 11 is 7.19. The van der Waals surface area contributed by atoms with Gasteiger partial charge in [-0.2, -0.15) is 0 Å². The molecular formula is C14H14Br2. The summed E-state index contributed by atoms with van der Waals surface area (Å²) in [5.74, 6) is 0. The lowest BCUT2D eigenvalue weighted by molar-refractivity contribution is 0.567. The van der Waals surface area contributed by atoms with Crippen molar-refractivity contribution in [2.45, 2.75) is 31.1 Å². The second-order valence-electron chi connectivity index (χ2n) is 4.86. The van der Waals surface area contributed by atoms with Crippen LogP contribution >= 0.6 is 31.9 Å². The Hall–Kier alpha value is -0.0800. The maximum atomic E-state index is 3.62. The Balaban J connectivity index is 2.18. The summed E-state index contributed by atoms with van der Waals surface area (Å²) in [6.07, 6.45) is 7.94. The Labute approximate surface area is 113 Å². The first-order chi connectivity index (χ1) is 7.75. The summed E-state index contributed by atoms with van der Waals surface area (Å²) in [6.45, 7) is 0. The Morgan fingerprint density at radius 1 is 1.19 bits per heavy atom. The molecule has 0 N–H and O–H groups in total. The number of alkyl halides is 1. The van der Waals surface area contributed by atoms with Crippen molar-refractivity contribution in [3.05, 3.63) is 39.9 Å². The number of allylic oxidation sites excluding steroid dienone is 2. The van der Waals surface area contributed by atoms with Crippen LogP contribution in [0.1, 0.15) is 36.8 Å². The summed E-state index contributed by atoms with van der Waals surface area (Å²) < 4.78 is 1.19. The van der Waals surface area contributed by atoms with Crippen LogP contribution in [0, 0.1) is 0 Å². The lowest BCUT2D eigenvalue weighted by Crippen LogP contribution is -2.16. The number of rotatable bonds is 1. The molecular weight excluding hydrogens is 328 g/mol. The minimum absolute atomic E-state index is 0.374. The van der Waals surface area contributed by atoms with Crippen molar-refractivity contribution in [2.24, 2.45) is 0 Å². The van der Waals surface area contributed by atoms with Crippen LogP contribution < -0.4 is 0 Å². The van der Waals surface area contributed by atoms with Crippen LogP contribution in [0.5, 0.6) is 0 Å². The van der Waals surface area contributed by atoms with E-state index in [9.17, 15) is 0 Å². The topological polar surface area (TPSA) is 0 Å². The number of hydrogen-bond acceptors (Lipinski definition) is 0. The van der Waals surface area contributed by atoms with E-state index in [0.717, 1.165) is 5.33 Å². The molecule has 0 aromatic heterocycles. The molecule has 16 heavy (non-hydrogen) atoms. The zero-order valence-corrected chi connectivity index (χ0v) is 12.3. The Kier molecular flexibility index (Phi) is 2.75. The molecule has 1 aromatic carbocycles. The van der Waals surface area contributed by atoms with Crippen molar-refractivity contribution in [2.75, 3.05) is 5.33 Å². The third-order valence-electron chi connectivity index (χ3n) is 3.95. The van der Waals surface area contributed by atoms with Crippen LogP contribution in [0.3, 0.4) is 0 Å². The average molecular weight is 342 g/mol. The third kappa shape index (κ3) is 1.53. The maximum absolute atomic E-state index is 3.62. The van der Waals surface area contributed by atoms with Crippen LogP contribution in [0.15, 0.2) is 28.7 Å². The molecule has 0 saturated heterocycles. The van der Waals surface area contributed by atoms with E-state index < -0.39 is 0 Å². The normalized spacial score (nSPS) is 21.2. The van der Waals surface area contributed by atoms with Gasteiger partial charge in [0.1, 0.15) is 0 Å². The molecule has 2 heteroatoms. The predicted molar refractivity (Wildman–Crippen MR) is 76.1 cm³/mol. The van der Waals surface area contributed by atoms with Gasteiger partial charge in [-0.15, -0.1) is 0 Å². The Morgan fingerprint density at radius 3 is 2.62 bits per heavy atom. The van der Waals surface area contributed by atoms with Gasteiger partial charge in [-0.25, -0.2) is 0 Å². The molecule has 0 heterocycles. The molecule has 0 atom stereocenters. The van der Waals surface area contributed by atoms with Crippen molar-refractivity contribution < 1.29 is 0 Å². The quantitative estimate of drug-likeness (QED) is 0.627. The molecule has 0 nitrogen and oxygen atoms in total. The van der Waals surface area contributed by atoms with Gasteiger partial charge in [0, 0.05) is 15.2 Å². The fourth-order valence-electron chi connectivity index (χ4n) is 3.24. The van der Waals surface area contributed by atoms with Gasteiger partial charge < -0.3 is 0 Å². The maximum Gasteiger partial charge on any atom is 0.0286 e. The highest BCUT2D eigenvalue weighted by Crippen LogP contribution is 2.51. The molecule has 1 fully saturated rings. The van der Waals surface area contributed by atoms with Gasteiger partial charge in [0.2, 0.25) is 0 Å². The molecule has 1 aromatic rings. The second-order valence-corrected chi connectivity index (χ2v) is 6.33. The van der Waals surface area contributed by atoms with E-state index in [1.165, 1.54) is 41.3 Å². The molecule has 84 valence electrons. The van der Waals surface area contributed by atoms with Crippen LogP contribution in [0.25, 0.3) is 5.57 Å². The molecule has 2 aliphatic carbocycles. The van der Waals surface area contributed by atoms with Crippen molar-refractivity contribution in [3.8, 4) is 0 Å². The van der Waals surface area contributed by atoms with E-state index >= 15 is 0 Å². The monoisotopic (exact) mass is 340 g/mol. The predicted octanol–water partition coefficient (Wildman–Crippen LogP) is 5.05. The number of halogens is 2. The van der Waals surface area contributed by atoms with Gasteiger partial charge in [0.25, 0.3) is 0 Å². The molecule has 0 unspecified atom stereocenters. The zero-order valence-electron chi connectivity index (χ0n) is 9.10. The van der Waals surface area contributed by atoms with Gasteiger partial charge in [-0.3, -0.25) is 0 Å². The summed E-state index contributed by atoms with van der Waals surface area (Å²) in [6, 6.07) is 6.77. The standard InChI is InChI=1S/C14H14Br2/c15-9-10-8-14(5-1-2-6-14)13-4-3-11(16)7-12(10)13/h3-4,7-8H,1-2,5-6,9H2. The minimum atomic E-state index is 0.374. The van der Waals surface area contributed by atoms with Crippen molar-refractivity contribution >= 4 is 37.4 Å². The van der Waals surface area contributed by atoms with Crippen molar-refractivity contribution in [3.63, 3.8) is 0 Å². The smallest absolute Gasteiger partial charge is 0.0286 e. The fourth-order valence-corrected chi connectivity index (χ4v) is 4.06. The Morgan fingerprint density at radius 2 is 1.94 bits per heavy atom. The van der Waals surface area contributed by atoms with E-state index in [4.69, 9.17) is 0 Å². The summed E-state index contributed by atoms with van der Waals surface area (Å²) in [4.78, 5) is 0. The fraction of sp³-hybridized carbons (Fsp3) is 0.429. The van der Waals surface area contributed by atoms with E-state index in [0.29, 0.717) is 5.41 Å². The Bertz CT molecular complexity index is 454. The zero-order chi connectivity index (χ0) is 11.2. The lowest BCUT2D eigenvalue weighted by atomic mass is 9.81.